The molecule has 1 aliphatic heterocycles. The van der Waals surface area contributed by atoms with Crippen LogP contribution in [0.1, 0.15) is 20.3 Å². The van der Waals surface area contributed by atoms with Crippen molar-refractivity contribution in [3.63, 3.8) is 0 Å². The van der Waals surface area contributed by atoms with Gasteiger partial charge in [0.05, 0.1) is 29.4 Å². The second-order valence-electron chi connectivity index (χ2n) is 4.93. The third-order valence-corrected chi connectivity index (χ3v) is 5.80. The molecule has 1 unspecified atom stereocenters. The molecule has 100 valence electrons. The maximum atomic E-state index is 11.5. The number of carbonyl (C=O) groups excluding carboxylic acids is 1. The van der Waals surface area contributed by atoms with Gasteiger partial charge in [0, 0.05) is 5.25 Å². The highest BCUT2D eigenvalue weighted by Crippen LogP contribution is 2.24. The number of nitrogens with one attached hydrogen (secondary N) is 1. The van der Waals surface area contributed by atoms with Gasteiger partial charge in [0.1, 0.15) is 0 Å². The lowest BCUT2D eigenvalue weighted by atomic mass is 10.1. The van der Waals surface area contributed by atoms with E-state index in [0.717, 1.165) is 0 Å². The summed E-state index contributed by atoms with van der Waals surface area (Å²) in [4.78, 5) is 11.5. The maximum Gasteiger partial charge on any atom is 0.230 e. The first-order valence-electron chi connectivity index (χ1n) is 5.48. The fourth-order valence-electron chi connectivity index (χ4n) is 1.54. The highest BCUT2D eigenvalue weighted by molar-refractivity contribution is 8.02. The molecular weight excluding hydrogens is 262 g/mol. The summed E-state index contributed by atoms with van der Waals surface area (Å²) in [5.74, 6) is 0.477. The van der Waals surface area contributed by atoms with Crippen molar-refractivity contribution in [2.45, 2.75) is 31.1 Å². The summed E-state index contributed by atoms with van der Waals surface area (Å²) in [5.41, 5.74) is -0.626. The summed E-state index contributed by atoms with van der Waals surface area (Å²) in [5, 5.41) is 11.7. The molecule has 0 aliphatic carbocycles. The van der Waals surface area contributed by atoms with E-state index in [4.69, 9.17) is 5.11 Å². The van der Waals surface area contributed by atoms with E-state index in [1.54, 1.807) is 13.8 Å². The molecule has 1 saturated heterocycles. The Bertz CT molecular complexity index is 378. The Morgan fingerprint density at radius 2 is 2.18 bits per heavy atom. The summed E-state index contributed by atoms with van der Waals surface area (Å²) in [6.45, 7) is 3.34. The second kappa shape index (κ2) is 5.58. The number of sulfone groups is 1. The van der Waals surface area contributed by atoms with Crippen LogP contribution in [0, 0.1) is 0 Å². The van der Waals surface area contributed by atoms with E-state index in [-0.39, 0.29) is 35.0 Å². The smallest absolute Gasteiger partial charge is 0.230 e. The number of aliphatic hydroxyl groups excluding tert-OH is 1. The van der Waals surface area contributed by atoms with E-state index < -0.39 is 15.4 Å². The van der Waals surface area contributed by atoms with Crippen LogP contribution in [0.25, 0.3) is 0 Å². The van der Waals surface area contributed by atoms with Crippen LogP contribution >= 0.6 is 11.8 Å². The van der Waals surface area contributed by atoms with E-state index in [1.807, 2.05) is 0 Å². The largest absolute Gasteiger partial charge is 0.394 e. The fraction of sp³-hybridized carbons (Fsp3) is 0.900. The molecule has 7 heteroatoms. The summed E-state index contributed by atoms with van der Waals surface area (Å²) in [6, 6.07) is 0. The molecule has 0 bridgehead atoms. The van der Waals surface area contributed by atoms with Gasteiger partial charge >= 0.3 is 0 Å². The van der Waals surface area contributed by atoms with Crippen LogP contribution in [0.5, 0.6) is 0 Å². The SMILES string of the molecule is CC(C)(CO)NC(=O)CSC1CCS(=O)(=O)C1. The van der Waals surface area contributed by atoms with E-state index in [0.29, 0.717) is 6.42 Å². The Balaban J connectivity index is 2.30. The summed E-state index contributed by atoms with van der Waals surface area (Å²) in [6.07, 6.45) is 0.629. The highest BCUT2D eigenvalue weighted by Gasteiger charge is 2.29. The number of aliphatic hydroxyl groups is 1. The molecule has 1 fully saturated rings. The third kappa shape index (κ3) is 5.27. The number of amides is 1. The summed E-state index contributed by atoms with van der Waals surface area (Å²) < 4.78 is 22.4. The van der Waals surface area contributed by atoms with E-state index >= 15 is 0 Å². The minimum atomic E-state index is -2.88. The van der Waals surface area contributed by atoms with Crippen LogP contribution < -0.4 is 5.32 Å². The molecule has 1 rings (SSSR count). The van der Waals surface area contributed by atoms with Gasteiger partial charge in [-0.15, -0.1) is 11.8 Å². The zero-order valence-corrected chi connectivity index (χ0v) is 11.7. The van der Waals surface area contributed by atoms with Crippen LogP contribution in [0.2, 0.25) is 0 Å². The molecule has 1 atom stereocenters. The molecule has 1 aliphatic rings. The van der Waals surface area contributed by atoms with Crippen LogP contribution in [-0.4, -0.2) is 54.1 Å². The van der Waals surface area contributed by atoms with Crippen molar-refractivity contribution in [1.29, 1.82) is 0 Å². The molecule has 1 amide bonds. The fourth-order valence-corrected chi connectivity index (χ4v) is 4.98. The van der Waals surface area contributed by atoms with Gasteiger partial charge in [-0.3, -0.25) is 4.79 Å². The van der Waals surface area contributed by atoms with Gasteiger partial charge in [-0.2, -0.15) is 0 Å². The summed E-state index contributed by atoms with van der Waals surface area (Å²) >= 11 is 1.37. The molecule has 0 saturated carbocycles. The molecule has 0 aromatic carbocycles. The van der Waals surface area contributed by atoms with Crippen LogP contribution in [-0.2, 0) is 14.6 Å². The predicted molar refractivity (Wildman–Crippen MR) is 68.8 cm³/mol. The molecule has 0 aromatic rings. The molecule has 0 aromatic heterocycles. The number of carbonyl (C=O) groups is 1. The second-order valence-corrected chi connectivity index (χ2v) is 8.44. The average Bonchev–Trinajstić information content (AvgIpc) is 2.55. The zero-order chi connectivity index (χ0) is 13.1. The van der Waals surface area contributed by atoms with Crippen molar-refractivity contribution in [1.82, 2.24) is 5.32 Å². The quantitative estimate of drug-likeness (QED) is 0.729. The van der Waals surface area contributed by atoms with Crippen molar-refractivity contribution in [3.8, 4) is 0 Å². The Labute approximate surface area is 106 Å². The zero-order valence-electron chi connectivity index (χ0n) is 10.1. The monoisotopic (exact) mass is 281 g/mol. The Morgan fingerprint density at radius 1 is 1.53 bits per heavy atom. The van der Waals surface area contributed by atoms with E-state index in [2.05, 4.69) is 5.32 Å². The molecule has 17 heavy (non-hydrogen) atoms. The molecule has 2 N–H and O–H groups in total. The van der Waals surface area contributed by atoms with Gasteiger partial charge in [-0.05, 0) is 20.3 Å². The van der Waals surface area contributed by atoms with Crippen LogP contribution in [0.3, 0.4) is 0 Å². The molecular formula is C10H19NO4S2. The molecule has 5 nitrogen and oxygen atoms in total. The van der Waals surface area contributed by atoms with Crippen molar-refractivity contribution in [2.24, 2.45) is 0 Å². The van der Waals surface area contributed by atoms with Gasteiger partial charge in [0.2, 0.25) is 5.91 Å². The van der Waals surface area contributed by atoms with E-state index in [9.17, 15) is 13.2 Å². The molecule has 0 radical (unpaired) electrons. The minimum absolute atomic E-state index is 0.0305. The first kappa shape index (κ1) is 14.8. The topological polar surface area (TPSA) is 83.5 Å². The minimum Gasteiger partial charge on any atom is -0.394 e. The first-order valence-corrected chi connectivity index (χ1v) is 8.35. The van der Waals surface area contributed by atoms with Crippen LogP contribution in [0.15, 0.2) is 0 Å². The third-order valence-electron chi connectivity index (χ3n) is 2.51. The molecule has 0 spiro atoms. The predicted octanol–water partition coefficient (Wildman–Crippen LogP) is -0.206. The van der Waals surface area contributed by atoms with Gasteiger partial charge < -0.3 is 10.4 Å². The van der Waals surface area contributed by atoms with E-state index in [1.165, 1.54) is 11.8 Å². The number of hydrogen-bond donors (Lipinski definition) is 2. The lowest BCUT2D eigenvalue weighted by Gasteiger charge is -2.23. The van der Waals surface area contributed by atoms with Crippen molar-refractivity contribution in [2.75, 3.05) is 23.9 Å². The first-order chi connectivity index (χ1) is 7.74. The Morgan fingerprint density at radius 3 is 2.65 bits per heavy atom. The van der Waals surface area contributed by atoms with Crippen molar-refractivity contribution >= 4 is 27.5 Å². The molecule has 1 heterocycles. The maximum absolute atomic E-state index is 11.5. The average molecular weight is 281 g/mol. The van der Waals surface area contributed by atoms with Gasteiger partial charge in [0.25, 0.3) is 0 Å². The van der Waals surface area contributed by atoms with Crippen LogP contribution in [0.4, 0.5) is 0 Å². The van der Waals surface area contributed by atoms with Gasteiger partial charge in [0.15, 0.2) is 9.84 Å². The van der Waals surface area contributed by atoms with Crippen molar-refractivity contribution in [3.05, 3.63) is 0 Å². The summed E-state index contributed by atoms with van der Waals surface area (Å²) in [7, 11) is -2.88. The van der Waals surface area contributed by atoms with Gasteiger partial charge in [-0.1, -0.05) is 0 Å². The highest BCUT2D eigenvalue weighted by atomic mass is 32.2. The number of thioether (sulfide) groups is 1. The standard InChI is InChI=1S/C10H19NO4S2/c1-10(2,7-12)11-9(13)5-16-8-3-4-17(14,15)6-8/h8,12H,3-7H2,1-2H3,(H,11,13). The number of hydrogen-bond acceptors (Lipinski definition) is 5. The Hall–Kier alpha value is -0.270. The van der Waals surface area contributed by atoms with Crippen molar-refractivity contribution < 1.29 is 18.3 Å². The Kier molecular flexibility index (Phi) is 4.86. The lowest BCUT2D eigenvalue weighted by molar-refractivity contribution is -0.120. The normalized spacial score (nSPS) is 23.6. The lowest BCUT2D eigenvalue weighted by Crippen LogP contribution is -2.47. The van der Waals surface area contributed by atoms with Gasteiger partial charge in [-0.25, -0.2) is 8.42 Å². The number of rotatable bonds is 5.